The van der Waals surface area contributed by atoms with Crippen molar-refractivity contribution in [3.8, 4) is 0 Å². The van der Waals surface area contributed by atoms with Gasteiger partial charge in [-0.05, 0) is 13.0 Å². The van der Waals surface area contributed by atoms with E-state index in [1.807, 2.05) is 33.2 Å². The lowest BCUT2D eigenvalue weighted by Crippen LogP contribution is -2.21. The van der Waals surface area contributed by atoms with Crippen molar-refractivity contribution >= 4 is 5.78 Å². The monoisotopic (exact) mass is 180 g/mol. The summed E-state index contributed by atoms with van der Waals surface area (Å²) in [7, 11) is 1.88. The third-order valence-electron chi connectivity index (χ3n) is 2.10. The van der Waals surface area contributed by atoms with E-state index in [-0.39, 0.29) is 11.2 Å². The van der Waals surface area contributed by atoms with Gasteiger partial charge < -0.3 is 0 Å². The second-order valence-electron chi connectivity index (χ2n) is 4.14. The Balaban J connectivity index is 2.86. The second kappa shape index (κ2) is 3.32. The highest BCUT2D eigenvalue weighted by Gasteiger charge is 2.24. The number of carbonyl (C=O) groups is 1. The van der Waals surface area contributed by atoms with Gasteiger partial charge in [0.1, 0.15) is 5.78 Å². The quantitative estimate of drug-likeness (QED) is 0.709. The molecule has 72 valence electrons. The van der Waals surface area contributed by atoms with Crippen LogP contribution in [-0.2, 0) is 17.3 Å². The molecule has 0 bridgehead atoms. The van der Waals surface area contributed by atoms with Crippen molar-refractivity contribution in [2.45, 2.75) is 32.6 Å². The Morgan fingerprint density at radius 3 is 2.62 bits per heavy atom. The molecule has 0 saturated heterocycles. The Hall–Kier alpha value is -1.12. The maximum absolute atomic E-state index is 11.0. The highest BCUT2D eigenvalue weighted by atomic mass is 16.1. The molecule has 0 aliphatic heterocycles. The summed E-state index contributed by atoms with van der Waals surface area (Å²) in [5.74, 6) is 0.204. The number of ketones is 1. The topological polar surface area (TPSA) is 34.9 Å². The fourth-order valence-corrected chi connectivity index (χ4v) is 1.49. The van der Waals surface area contributed by atoms with Crippen LogP contribution in [0, 0.1) is 0 Å². The lowest BCUT2D eigenvalue weighted by Gasteiger charge is -2.20. The molecule has 0 unspecified atom stereocenters. The molecule has 0 aliphatic carbocycles. The van der Waals surface area contributed by atoms with Gasteiger partial charge >= 0.3 is 0 Å². The molecule has 0 aliphatic rings. The molecule has 0 N–H and O–H groups in total. The first-order valence-corrected chi connectivity index (χ1v) is 4.41. The number of aryl methyl sites for hydroxylation is 1. The van der Waals surface area contributed by atoms with Crippen molar-refractivity contribution in [1.29, 1.82) is 0 Å². The predicted molar refractivity (Wildman–Crippen MR) is 51.5 cm³/mol. The average molecular weight is 180 g/mol. The average Bonchev–Trinajstić information content (AvgIpc) is 2.32. The molecule has 0 saturated carbocycles. The lowest BCUT2D eigenvalue weighted by atomic mass is 9.84. The molecule has 1 rings (SSSR count). The van der Waals surface area contributed by atoms with Crippen molar-refractivity contribution in [2.24, 2.45) is 7.05 Å². The molecule has 1 aromatic rings. The molecule has 0 amide bonds. The van der Waals surface area contributed by atoms with Gasteiger partial charge in [0.2, 0.25) is 0 Å². The molecular formula is C10H16N2O. The third kappa shape index (κ3) is 2.41. The van der Waals surface area contributed by atoms with Gasteiger partial charge in [-0.2, -0.15) is 5.10 Å². The Bertz CT molecular complexity index is 312. The molecule has 13 heavy (non-hydrogen) atoms. The van der Waals surface area contributed by atoms with E-state index in [2.05, 4.69) is 5.10 Å². The normalized spacial score (nSPS) is 11.7. The van der Waals surface area contributed by atoms with E-state index in [9.17, 15) is 4.79 Å². The summed E-state index contributed by atoms with van der Waals surface area (Å²) in [4.78, 5) is 11.0. The number of rotatable bonds is 3. The second-order valence-corrected chi connectivity index (χ2v) is 4.14. The maximum Gasteiger partial charge on any atom is 0.130 e. The molecule has 1 heterocycles. The van der Waals surface area contributed by atoms with Gasteiger partial charge in [-0.1, -0.05) is 13.8 Å². The Morgan fingerprint density at radius 2 is 2.23 bits per heavy atom. The smallest absolute Gasteiger partial charge is 0.130 e. The van der Waals surface area contributed by atoms with Crippen LogP contribution in [0.15, 0.2) is 12.3 Å². The largest absolute Gasteiger partial charge is 0.300 e. The van der Waals surface area contributed by atoms with E-state index in [4.69, 9.17) is 0 Å². The van der Waals surface area contributed by atoms with E-state index in [0.29, 0.717) is 6.42 Å². The summed E-state index contributed by atoms with van der Waals surface area (Å²) in [5.41, 5.74) is 0.831. The van der Waals surface area contributed by atoms with Gasteiger partial charge in [0, 0.05) is 25.1 Å². The fourth-order valence-electron chi connectivity index (χ4n) is 1.49. The minimum atomic E-state index is -0.146. The Labute approximate surface area is 78.8 Å². The molecule has 3 nitrogen and oxygen atoms in total. The summed E-state index contributed by atoms with van der Waals surface area (Å²) < 4.78 is 1.76. The highest BCUT2D eigenvalue weighted by molar-refractivity contribution is 5.76. The van der Waals surface area contributed by atoms with E-state index < -0.39 is 0 Å². The summed E-state index contributed by atoms with van der Waals surface area (Å²) in [6.07, 6.45) is 2.45. The minimum absolute atomic E-state index is 0.146. The van der Waals surface area contributed by atoms with Gasteiger partial charge in [-0.25, -0.2) is 0 Å². The summed E-state index contributed by atoms with van der Waals surface area (Å²) in [6, 6.07) is 1.96. The first kappa shape index (κ1) is 9.96. The molecule has 0 atom stereocenters. The zero-order chi connectivity index (χ0) is 10.1. The number of Topliss-reactive ketones (excluding diaryl/α,β-unsaturated/α-hetero) is 1. The van der Waals surface area contributed by atoms with Crippen molar-refractivity contribution in [1.82, 2.24) is 9.78 Å². The van der Waals surface area contributed by atoms with Gasteiger partial charge in [0.05, 0.1) is 5.69 Å². The zero-order valence-electron chi connectivity index (χ0n) is 8.66. The van der Waals surface area contributed by atoms with Crippen LogP contribution in [-0.4, -0.2) is 15.6 Å². The minimum Gasteiger partial charge on any atom is -0.300 e. The SMILES string of the molecule is CC(=O)CC(C)(C)c1ccn(C)n1. The van der Waals surface area contributed by atoms with Gasteiger partial charge in [-0.15, -0.1) is 0 Å². The van der Waals surface area contributed by atoms with E-state index in [0.717, 1.165) is 5.69 Å². The standard InChI is InChI=1S/C10H16N2O/c1-8(13)7-10(2,3)9-5-6-12(4)11-9/h5-6H,7H2,1-4H3. The van der Waals surface area contributed by atoms with Crippen LogP contribution in [0.1, 0.15) is 32.9 Å². The first-order valence-electron chi connectivity index (χ1n) is 4.41. The number of nitrogens with zero attached hydrogens (tertiary/aromatic N) is 2. The van der Waals surface area contributed by atoms with Crippen molar-refractivity contribution in [2.75, 3.05) is 0 Å². The Kier molecular flexibility index (Phi) is 2.55. The van der Waals surface area contributed by atoms with Crippen LogP contribution in [0.4, 0.5) is 0 Å². The molecule has 0 spiro atoms. The van der Waals surface area contributed by atoms with Gasteiger partial charge in [0.15, 0.2) is 0 Å². The summed E-state index contributed by atoms with van der Waals surface area (Å²) >= 11 is 0. The maximum atomic E-state index is 11.0. The number of hydrogen-bond donors (Lipinski definition) is 0. The zero-order valence-corrected chi connectivity index (χ0v) is 8.66. The number of aromatic nitrogens is 2. The van der Waals surface area contributed by atoms with E-state index >= 15 is 0 Å². The molecular weight excluding hydrogens is 164 g/mol. The van der Waals surface area contributed by atoms with Crippen LogP contribution in [0.2, 0.25) is 0 Å². The lowest BCUT2D eigenvalue weighted by molar-refractivity contribution is -0.118. The molecule has 1 aromatic heterocycles. The van der Waals surface area contributed by atoms with E-state index in [1.54, 1.807) is 11.6 Å². The first-order chi connectivity index (χ1) is 5.92. The highest BCUT2D eigenvalue weighted by Crippen LogP contribution is 2.25. The van der Waals surface area contributed by atoms with Gasteiger partial charge in [-0.3, -0.25) is 9.48 Å². The third-order valence-corrected chi connectivity index (χ3v) is 2.10. The van der Waals surface area contributed by atoms with Crippen molar-refractivity contribution in [3.05, 3.63) is 18.0 Å². The Morgan fingerprint density at radius 1 is 1.62 bits per heavy atom. The van der Waals surface area contributed by atoms with Crippen LogP contribution >= 0.6 is 0 Å². The number of hydrogen-bond acceptors (Lipinski definition) is 2. The van der Waals surface area contributed by atoms with Gasteiger partial charge in [0.25, 0.3) is 0 Å². The molecule has 3 heteroatoms. The van der Waals surface area contributed by atoms with Crippen LogP contribution in [0.5, 0.6) is 0 Å². The molecule has 0 radical (unpaired) electrons. The van der Waals surface area contributed by atoms with Crippen molar-refractivity contribution in [3.63, 3.8) is 0 Å². The predicted octanol–water partition coefficient (Wildman–Crippen LogP) is 1.68. The van der Waals surface area contributed by atoms with E-state index in [1.165, 1.54) is 0 Å². The summed E-state index contributed by atoms with van der Waals surface area (Å²) in [6.45, 7) is 5.69. The van der Waals surface area contributed by atoms with Crippen molar-refractivity contribution < 1.29 is 4.79 Å². The van der Waals surface area contributed by atoms with Crippen LogP contribution < -0.4 is 0 Å². The molecule has 0 aromatic carbocycles. The van der Waals surface area contributed by atoms with Crippen LogP contribution in [0.3, 0.4) is 0 Å². The fraction of sp³-hybridized carbons (Fsp3) is 0.600. The number of carbonyl (C=O) groups excluding carboxylic acids is 1. The van der Waals surface area contributed by atoms with Crippen LogP contribution in [0.25, 0.3) is 0 Å². The molecule has 0 fully saturated rings. The summed E-state index contributed by atoms with van der Waals surface area (Å²) in [5, 5.41) is 4.30.